The number of nitrogens with zero attached hydrogens (tertiary/aromatic N) is 2. The first-order chi connectivity index (χ1) is 16.2. The van der Waals surface area contributed by atoms with Crippen LogP contribution in [0.1, 0.15) is 31.9 Å². The molecule has 2 amide bonds. The molecule has 1 N–H and O–H groups in total. The van der Waals surface area contributed by atoms with Gasteiger partial charge in [-0.15, -0.1) is 0 Å². The van der Waals surface area contributed by atoms with Gasteiger partial charge in [-0.25, -0.2) is 8.42 Å². The molecule has 0 aliphatic heterocycles. The minimum Gasteiger partial charge on any atom is -0.354 e. The van der Waals surface area contributed by atoms with Crippen LogP contribution < -0.4 is 9.62 Å². The highest BCUT2D eigenvalue weighted by atomic mass is 35.5. The SMILES string of the molecule is Cc1cccc(CN(C(=O)CN(c2cc(Cl)c(Cl)cc2Cl)S(C)(=O)=O)[C@@H](C)C(=O)NCC(C)C)c1. The highest BCUT2D eigenvalue weighted by Gasteiger charge is 2.31. The molecule has 0 aromatic heterocycles. The summed E-state index contributed by atoms with van der Waals surface area (Å²) >= 11 is 18.3. The van der Waals surface area contributed by atoms with E-state index in [-0.39, 0.29) is 39.1 Å². The lowest BCUT2D eigenvalue weighted by atomic mass is 10.1. The van der Waals surface area contributed by atoms with Gasteiger partial charge in [-0.05, 0) is 37.5 Å². The molecule has 0 fully saturated rings. The molecule has 0 aliphatic carbocycles. The highest BCUT2D eigenvalue weighted by Crippen LogP contribution is 2.35. The Kier molecular flexibility index (Phi) is 10.3. The maximum Gasteiger partial charge on any atom is 0.244 e. The van der Waals surface area contributed by atoms with Crippen molar-refractivity contribution in [1.29, 1.82) is 0 Å². The Morgan fingerprint density at radius 3 is 2.20 bits per heavy atom. The molecule has 2 aromatic rings. The van der Waals surface area contributed by atoms with Crippen LogP contribution in [0.4, 0.5) is 5.69 Å². The number of benzene rings is 2. The number of rotatable bonds is 10. The lowest BCUT2D eigenvalue weighted by Crippen LogP contribution is -2.51. The molecule has 0 aliphatic rings. The zero-order valence-electron chi connectivity index (χ0n) is 20.3. The number of aryl methyl sites for hydroxylation is 1. The average Bonchev–Trinajstić information content (AvgIpc) is 2.75. The van der Waals surface area contributed by atoms with E-state index in [0.717, 1.165) is 21.7 Å². The fourth-order valence-corrected chi connectivity index (χ4v) is 4.89. The number of nitrogens with one attached hydrogen (secondary N) is 1. The summed E-state index contributed by atoms with van der Waals surface area (Å²) in [5, 5.41) is 3.09. The molecule has 0 saturated heterocycles. The second-order valence-corrected chi connectivity index (χ2v) is 11.9. The number of halogens is 3. The summed E-state index contributed by atoms with van der Waals surface area (Å²) < 4.78 is 26.2. The molecular formula is C24H30Cl3N3O4S. The van der Waals surface area contributed by atoms with Gasteiger partial charge in [0, 0.05) is 13.1 Å². The van der Waals surface area contributed by atoms with Gasteiger partial charge in [-0.3, -0.25) is 13.9 Å². The van der Waals surface area contributed by atoms with E-state index in [1.807, 2.05) is 45.0 Å². The molecule has 0 heterocycles. The Balaban J connectivity index is 2.44. The second kappa shape index (κ2) is 12.3. The third kappa shape index (κ3) is 8.27. The number of hydrogen-bond acceptors (Lipinski definition) is 4. The van der Waals surface area contributed by atoms with Crippen molar-refractivity contribution in [3.63, 3.8) is 0 Å². The molecule has 11 heteroatoms. The molecule has 0 bridgehead atoms. The molecular weight excluding hydrogens is 533 g/mol. The normalized spacial score (nSPS) is 12.4. The molecule has 192 valence electrons. The minimum absolute atomic E-state index is 0.0179. The first-order valence-corrected chi connectivity index (χ1v) is 13.9. The van der Waals surface area contributed by atoms with Crippen LogP contribution in [0.15, 0.2) is 36.4 Å². The van der Waals surface area contributed by atoms with E-state index >= 15 is 0 Å². The standard InChI is InChI=1S/C24H30Cl3N3O4S/c1-15(2)12-28-24(32)17(4)29(13-18-8-6-7-16(3)9-18)23(31)14-30(35(5,33)34)22-11-20(26)19(25)10-21(22)27/h6-11,15,17H,12-14H2,1-5H3,(H,28,32)/t17-/m0/s1. The Morgan fingerprint density at radius 2 is 1.63 bits per heavy atom. The topological polar surface area (TPSA) is 86.8 Å². The van der Waals surface area contributed by atoms with E-state index in [4.69, 9.17) is 34.8 Å². The van der Waals surface area contributed by atoms with Crippen molar-refractivity contribution >= 4 is 62.3 Å². The number of carbonyl (C=O) groups is 2. The van der Waals surface area contributed by atoms with E-state index in [2.05, 4.69) is 5.32 Å². The van der Waals surface area contributed by atoms with E-state index in [1.54, 1.807) is 6.92 Å². The van der Waals surface area contributed by atoms with Crippen LogP contribution in [0.2, 0.25) is 15.1 Å². The molecule has 0 radical (unpaired) electrons. The van der Waals surface area contributed by atoms with Gasteiger partial charge in [0.1, 0.15) is 12.6 Å². The van der Waals surface area contributed by atoms with Crippen LogP contribution in [0.3, 0.4) is 0 Å². The first kappa shape index (κ1) is 29.2. The lowest BCUT2D eigenvalue weighted by Gasteiger charge is -2.32. The van der Waals surface area contributed by atoms with Crippen molar-refractivity contribution in [2.75, 3.05) is 23.7 Å². The summed E-state index contributed by atoms with van der Waals surface area (Å²) in [6.45, 7) is 7.45. The molecule has 2 rings (SSSR count). The predicted molar refractivity (Wildman–Crippen MR) is 143 cm³/mol. The summed E-state index contributed by atoms with van der Waals surface area (Å²) in [5.74, 6) is -0.686. The maximum atomic E-state index is 13.5. The second-order valence-electron chi connectivity index (χ2n) is 8.81. The monoisotopic (exact) mass is 561 g/mol. The van der Waals surface area contributed by atoms with Crippen molar-refractivity contribution in [2.45, 2.75) is 40.3 Å². The number of amides is 2. The fourth-order valence-electron chi connectivity index (χ4n) is 3.34. The molecule has 1 atom stereocenters. The van der Waals surface area contributed by atoms with Gasteiger partial charge in [-0.2, -0.15) is 0 Å². The largest absolute Gasteiger partial charge is 0.354 e. The number of carbonyl (C=O) groups excluding carboxylic acids is 2. The van der Waals surface area contributed by atoms with Gasteiger partial charge >= 0.3 is 0 Å². The van der Waals surface area contributed by atoms with Gasteiger partial charge in [0.2, 0.25) is 21.8 Å². The van der Waals surface area contributed by atoms with Crippen LogP contribution >= 0.6 is 34.8 Å². The average molecular weight is 563 g/mol. The number of anilines is 1. The van der Waals surface area contributed by atoms with E-state index < -0.39 is 28.5 Å². The highest BCUT2D eigenvalue weighted by molar-refractivity contribution is 7.92. The number of hydrogen-bond donors (Lipinski definition) is 1. The van der Waals surface area contributed by atoms with Gasteiger partial charge in [0.15, 0.2) is 0 Å². The van der Waals surface area contributed by atoms with Crippen LogP contribution in [-0.2, 0) is 26.2 Å². The van der Waals surface area contributed by atoms with E-state index in [1.165, 1.54) is 17.0 Å². The van der Waals surface area contributed by atoms with Crippen LogP contribution in [0, 0.1) is 12.8 Å². The zero-order chi connectivity index (χ0) is 26.5. The van der Waals surface area contributed by atoms with Crippen molar-refractivity contribution < 1.29 is 18.0 Å². The first-order valence-electron chi connectivity index (χ1n) is 11.0. The molecule has 0 spiro atoms. The molecule has 0 unspecified atom stereocenters. The minimum atomic E-state index is -3.95. The molecule has 7 nitrogen and oxygen atoms in total. The molecule has 2 aromatic carbocycles. The fraction of sp³-hybridized carbons (Fsp3) is 0.417. The van der Waals surface area contributed by atoms with Crippen molar-refractivity contribution in [1.82, 2.24) is 10.2 Å². The quantitative estimate of drug-likeness (QED) is 0.417. The summed E-state index contributed by atoms with van der Waals surface area (Å²) in [4.78, 5) is 27.8. The van der Waals surface area contributed by atoms with Crippen molar-refractivity contribution in [2.24, 2.45) is 5.92 Å². The predicted octanol–water partition coefficient (Wildman–Crippen LogP) is 4.91. The molecule has 0 saturated carbocycles. The van der Waals surface area contributed by atoms with Crippen LogP contribution in [0.5, 0.6) is 0 Å². The summed E-state index contributed by atoms with van der Waals surface area (Å²) in [6, 6.07) is 9.29. The van der Waals surface area contributed by atoms with E-state index in [9.17, 15) is 18.0 Å². The van der Waals surface area contributed by atoms with Gasteiger partial charge < -0.3 is 10.2 Å². The maximum absolute atomic E-state index is 13.5. The van der Waals surface area contributed by atoms with E-state index in [0.29, 0.717) is 6.54 Å². The summed E-state index contributed by atoms with van der Waals surface area (Å²) in [6.07, 6.45) is 0.961. The Hall–Kier alpha value is -2.00. The van der Waals surface area contributed by atoms with Crippen LogP contribution in [-0.4, -0.2) is 50.5 Å². The summed E-state index contributed by atoms with van der Waals surface area (Å²) in [7, 11) is -3.95. The lowest BCUT2D eigenvalue weighted by molar-refractivity contribution is -0.139. The Bertz CT molecular complexity index is 1190. The van der Waals surface area contributed by atoms with Crippen molar-refractivity contribution in [3.05, 3.63) is 62.6 Å². The Labute approximate surface area is 222 Å². The third-order valence-electron chi connectivity index (χ3n) is 5.22. The van der Waals surface area contributed by atoms with Gasteiger partial charge in [0.05, 0.1) is 27.0 Å². The van der Waals surface area contributed by atoms with Gasteiger partial charge in [-0.1, -0.05) is 78.5 Å². The Morgan fingerprint density at radius 1 is 1.00 bits per heavy atom. The molecule has 35 heavy (non-hydrogen) atoms. The zero-order valence-corrected chi connectivity index (χ0v) is 23.4. The summed E-state index contributed by atoms with van der Waals surface area (Å²) in [5.41, 5.74) is 1.82. The van der Waals surface area contributed by atoms with Crippen molar-refractivity contribution in [3.8, 4) is 0 Å². The smallest absolute Gasteiger partial charge is 0.244 e. The number of sulfonamides is 1. The van der Waals surface area contributed by atoms with Gasteiger partial charge in [0.25, 0.3) is 0 Å². The third-order valence-corrected chi connectivity index (χ3v) is 7.38. The van der Waals surface area contributed by atoms with Crippen LogP contribution in [0.25, 0.3) is 0 Å².